The Bertz CT molecular complexity index is 1350. The number of terminal acetylenes is 1. The number of aliphatic hydroxyl groups excluding tert-OH is 1. The number of aromatic amines is 1. The van der Waals surface area contributed by atoms with E-state index in [1.165, 1.54) is 0 Å². The van der Waals surface area contributed by atoms with Gasteiger partial charge in [0.25, 0.3) is 5.56 Å². The Kier molecular flexibility index (Phi) is 6.96. The van der Waals surface area contributed by atoms with Gasteiger partial charge in [0, 0.05) is 0 Å². The zero-order valence-corrected chi connectivity index (χ0v) is 19.0. The van der Waals surface area contributed by atoms with Crippen LogP contribution < -0.4 is 11.3 Å². The number of rotatable bonds is 8. The highest BCUT2D eigenvalue weighted by Gasteiger charge is 2.56. The molecular weight excluding hydrogens is 531 g/mol. The molecule has 0 amide bonds. The molecule has 34 heavy (non-hydrogen) atoms. The molecule has 3 rings (SSSR count). The topological polar surface area (TPSA) is 299 Å². The third-order valence-corrected chi connectivity index (χ3v) is 8.04. The highest BCUT2D eigenvalue weighted by Crippen LogP contribution is 2.66. The maximum atomic E-state index is 12.0. The van der Waals surface area contributed by atoms with Crippen LogP contribution in [0.25, 0.3) is 11.2 Å². The van der Waals surface area contributed by atoms with Crippen LogP contribution in [0.5, 0.6) is 0 Å². The molecule has 2 unspecified atom stereocenters. The van der Waals surface area contributed by atoms with Crippen molar-refractivity contribution < 1.29 is 61.4 Å². The lowest BCUT2D eigenvalue weighted by molar-refractivity contribution is -0.0717. The molecule has 9 N–H and O–H groups in total. The van der Waals surface area contributed by atoms with Gasteiger partial charge >= 0.3 is 23.5 Å². The first-order chi connectivity index (χ1) is 15.5. The number of nitrogens with zero attached hydrogens (tertiary/aromatic N) is 3. The lowest BCUT2D eigenvalue weighted by atomic mass is 9.95. The second-order valence-corrected chi connectivity index (χ2v) is 11.0. The number of phosphoric acid groups is 3. The predicted octanol–water partition coefficient (Wildman–Crippen LogP) is -2.33. The van der Waals surface area contributed by atoms with Crippen LogP contribution in [-0.4, -0.2) is 73.7 Å². The fourth-order valence-electron chi connectivity index (χ4n) is 2.92. The smallest absolute Gasteiger partial charge is 0.386 e. The van der Waals surface area contributed by atoms with Crippen LogP contribution in [0.3, 0.4) is 0 Å². The van der Waals surface area contributed by atoms with Crippen LogP contribution in [0, 0.1) is 12.3 Å². The molecule has 1 aliphatic rings. The first-order valence-corrected chi connectivity index (χ1v) is 13.0. The Balaban J connectivity index is 1.83. The molecule has 1 saturated heterocycles. The van der Waals surface area contributed by atoms with E-state index in [1.54, 1.807) is 0 Å². The molecule has 1 aliphatic heterocycles. The molecule has 6 atom stereocenters. The van der Waals surface area contributed by atoms with Crippen molar-refractivity contribution in [3.8, 4) is 12.3 Å². The van der Waals surface area contributed by atoms with E-state index in [0.29, 0.717) is 0 Å². The summed E-state index contributed by atoms with van der Waals surface area (Å²) in [6.45, 7) is -1.12. The molecule has 0 bridgehead atoms. The number of hydrogen-bond acceptors (Lipinski definition) is 13. The summed E-state index contributed by atoms with van der Waals surface area (Å²) in [6.07, 6.45) is 0.895. The van der Waals surface area contributed by atoms with Gasteiger partial charge in [0.2, 0.25) is 5.95 Å². The van der Waals surface area contributed by atoms with Gasteiger partial charge in [0.1, 0.15) is 12.2 Å². The summed E-state index contributed by atoms with van der Waals surface area (Å²) in [5.74, 6) is 1.56. The number of phosphoric ester groups is 1. The van der Waals surface area contributed by atoms with Crippen LogP contribution in [0.1, 0.15) is 6.23 Å². The summed E-state index contributed by atoms with van der Waals surface area (Å²) < 4.78 is 51.8. The quantitative estimate of drug-likeness (QED) is 0.127. The van der Waals surface area contributed by atoms with E-state index in [2.05, 4.69) is 28.1 Å². The van der Waals surface area contributed by atoms with Crippen LogP contribution in [0.4, 0.5) is 5.95 Å². The zero-order valence-electron chi connectivity index (χ0n) is 16.3. The second-order valence-electron chi connectivity index (χ2n) is 6.60. The van der Waals surface area contributed by atoms with E-state index in [1.807, 2.05) is 5.92 Å². The van der Waals surface area contributed by atoms with Gasteiger partial charge < -0.3 is 40.3 Å². The minimum atomic E-state index is -5.78. The Morgan fingerprint density at radius 1 is 1.26 bits per heavy atom. The van der Waals surface area contributed by atoms with Gasteiger partial charge in [-0.05, 0) is 0 Å². The van der Waals surface area contributed by atoms with E-state index in [0.717, 1.165) is 10.9 Å². The second kappa shape index (κ2) is 8.90. The van der Waals surface area contributed by atoms with Crippen molar-refractivity contribution in [3.63, 3.8) is 0 Å². The van der Waals surface area contributed by atoms with Crippen molar-refractivity contribution in [2.45, 2.75) is 24.0 Å². The van der Waals surface area contributed by atoms with Crippen LogP contribution in [0.15, 0.2) is 11.1 Å². The molecule has 2 aromatic rings. The molecule has 22 heteroatoms. The molecule has 3 heterocycles. The largest absolute Gasteiger partial charge is 0.490 e. The summed E-state index contributed by atoms with van der Waals surface area (Å²) in [5, 5.41) is 21.3. The molecule has 0 spiro atoms. The number of H-pyrrole nitrogens is 1. The number of nitrogens with two attached hydrogens (primary N) is 1. The van der Waals surface area contributed by atoms with Crippen molar-refractivity contribution in [2.24, 2.45) is 0 Å². The van der Waals surface area contributed by atoms with Crippen LogP contribution in [-0.2, 0) is 31.6 Å². The molecular formula is C12H16N5O14P3. The molecule has 0 aliphatic carbocycles. The number of imidazole rings is 1. The van der Waals surface area contributed by atoms with Crippen molar-refractivity contribution in [3.05, 3.63) is 16.7 Å². The van der Waals surface area contributed by atoms with E-state index in [9.17, 15) is 33.6 Å². The summed E-state index contributed by atoms with van der Waals surface area (Å²) in [7, 11) is -16.9. The fraction of sp³-hybridized carbons (Fsp3) is 0.417. The first kappa shape index (κ1) is 26.6. The predicted molar refractivity (Wildman–Crippen MR) is 106 cm³/mol. The lowest BCUT2D eigenvalue weighted by Gasteiger charge is -2.26. The monoisotopic (exact) mass is 547 g/mol. The standard InChI is InChI=1S/C12H16N5O14P3/c1-2-12(20)7(18)5(3-28-33(24,25)31-34(26,27)30-32(21,22)23)29-10(12)17-4-14-6-8(17)15-11(13)16-9(6)19/h1,4-5,7,10,18,20H,3H2,(H,24,25)(H,26,27)(H2,21,22,23)(H3,13,15,16,19)/t5-,7-,10-,12-/m1/s1. The fourth-order valence-corrected chi connectivity index (χ4v) is 5.95. The number of nitrogen functional groups attached to an aromatic ring is 1. The number of ether oxygens (including phenoxy) is 1. The Labute approximate surface area is 187 Å². The minimum absolute atomic E-state index is 0.208. The molecule has 0 radical (unpaired) electrons. The number of anilines is 1. The normalized spacial score (nSPS) is 28.9. The first-order valence-electron chi connectivity index (χ1n) is 8.52. The van der Waals surface area contributed by atoms with Gasteiger partial charge in [0.05, 0.1) is 12.9 Å². The van der Waals surface area contributed by atoms with Crippen LogP contribution >= 0.6 is 23.5 Å². The summed E-state index contributed by atoms with van der Waals surface area (Å²) >= 11 is 0. The molecule has 0 aromatic carbocycles. The number of hydrogen-bond donors (Lipinski definition) is 8. The number of nitrogens with one attached hydrogen (secondary N) is 1. The molecule has 2 aromatic heterocycles. The average Bonchev–Trinajstić information content (AvgIpc) is 3.17. The lowest BCUT2D eigenvalue weighted by Crippen LogP contribution is -2.45. The van der Waals surface area contributed by atoms with E-state index >= 15 is 0 Å². The summed E-state index contributed by atoms with van der Waals surface area (Å²) in [4.78, 5) is 57.6. The third-order valence-electron chi connectivity index (χ3n) is 4.24. The van der Waals surface area contributed by atoms with Gasteiger partial charge in [0.15, 0.2) is 23.0 Å². The highest BCUT2D eigenvalue weighted by molar-refractivity contribution is 7.66. The van der Waals surface area contributed by atoms with Crippen LogP contribution in [0.2, 0.25) is 0 Å². The Morgan fingerprint density at radius 2 is 1.91 bits per heavy atom. The Morgan fingerprint density at radius 3 is 2.50 bits per heavy atom. The molecule has 19 nitrogen and oxygen atoms in total. The zero-order chi connectivity index (χ0) is 25.7. The maximum absolute atomic E-state index is 12.0. The van der Waals surface area contributed by atoms with Gasteiger partial charge in [-0.1, -0.05) is 5.92 Å². The van der Waals surface area contributed by atoms with E-state index in [-0.39, 0.29) is 17.1 Å². The van der Waals surface area contributed by atoms with Crippen molar-refractivity contribution in [2.75, 3.05) is 12.3 Å². The van der Waals surface area contributed by atoms with Crippen molar-refractivity contribution >= 4 is 40.6 Å². The molecule has 0 saturated carbocycles. The van der Waals surface area contributed by atoms with Crippen molar-refractivity contribution in [1.82, 2.24) is 19.5 Å². The number of aromatic nitrogens is 4. The van der Waals surface area contributed by atoms with Gasteiger partial charge in [-0.2, -0.15) is 13.6 Å². The highest BCUT2D eigenvalue weighted by atomic mass is 31.3. The molecule has 188 valence electrons. The summed E-state index contributed by atoms with van der Waals surface area (Å²) in [6, 6.07) is 0. The average molecular weight is 547 g/mol. The minimum Gasteiger partial charge on any atom is -0.386 e. The van der Waals surface area contributed by atoms with Gasteiger partial charge in [-0.3, -0.25) is 18.9 Å². The van der Waals surface area contributed by atoms with Gasteiger partial charge in [-0.15, -0.1) is 6.42 Å². The number of aliphatic hydroxyl groups is 2. The molecule has 1 fully saturated rings. The summed E-state index contributed by atoms with van der Waals surface area (Å²) in [5.41, 5.74) is 1.77. The maximum Gasteiger partial charge on any atom is 0.490 e. The third kappa shape index (κ3) is 5.46. The number of fused-ring (bicyclic) bond motifs is 1. The van der Waals surface area contributed by atoms with E-state index < -0.39 is 59.7 Å². The Hall–Kier alpha value is -2.00. The van der Waals surface area contributed by atoms with Gasteiger partial charge in [-0.25, -0.2) is 18.7 Å². The van der Waals surface area contributed by atoms with Crippen molar-refractivity contribution in [1.29, 1.82) is 0 Å². The SMILES string of the molecule is C#C[C@@]1(O)[C@H](O)[C@@H](COP(=O)(O)OP(=O)(O)OP(=O)(O)O)O[C@H]1n1cnc2c(=O)[nH]c(N)nc21. The van der Waals surface area contributed by atoms with E-state index in [4.69, 9.17) is 31.6 Å².